The van der Waals surface area contributed by atoms with Crippen LogP contribution in [0.25, 0.3) is 0 Å². The lowest BCUT2D eigenvalue weighted by atomic mass is 9.92. The van der Waals surface area contributed by atoms with Gasteiger partial charge in [0.25, 0.3) is 0 Å². The standard InChI is InChI=1S/C13H20O4.C2H4O/c1-5-14-9-13(10-15-6-2,11-16-7-3)12-17-8-4;1-2-3-1/h5-8H,1-4,9-12H2;1-2H2. The first-order chi connectivity index (χ1) is 9.74. The predicted molar refractivity (Wildman–Crippen MR) is 77.8 cm³/mol. The summed E-state index contributed by atoms with van der Waals surface area (Å²) in [6.45, 7) is 17.4. The molecule has 0 radical (unpaired) electrons. The van der Waals surface area contributed by atoms with Gasteiger partial charge in [0.05, 0.1) is 38.3 Å². The second-order valence-electron chi connectivity index (χ2n) is 4.02. The maximum atomic E-state index is 5.21. The van der Waals surface area contributed by atoms with Gasteiger partial charge in [-0.05, 0) is 0 Å². The molecule has 0 saturated carbocycles. The minimum atomic E-state index is -0.468. The third-order valence-electron chi connectivity index (χ3n) is 2.23. The minimum Gasteiger partial charge on any atom is -0.501 e. The second kappa shape index (κ2) is 12.2. The van der Waals surface area contributed by atoms with Crippen LogP contribution in [0.15, 0.2) is 51.4 Å². The molecule has 1 fully saturated rings. The Morgan fingerprint density at radius 1 is 0.700 bits per heavy atom. The average molecular weight is 284 g/mol. The zero-order valence-electron chi connectivity index (χ0n) is 11.9. The van der Waals surface area contributed by atoms with Gasteiger partial charge in [0.2, 0.25) is 0 Å². The van der Waals surface area contributed by atoms with Crippen molar-refractivity contribution in [3.05, 3.63) is 51.4 Å². The zero-order valence-corrected chi connectivity index (χ0v) is 11.9. The monoisotopic (exact) mass is 284 g/mol. The Morgan fingerprint density at radius 2 is 0.950 bits per heavy atom. The van der Waals surface area contributed by atoms with E-state index in [1.165, 1.54) is 25.0 Å². The molecule has 1 aliphatic heterocycles. The predicted octanol–water partition coefficient (Wildman–Crippen LogP) is 2.63. The Balaban J connectivity index is 0.00000105. The summed E-state index contributed by atoms with van der Waals surface area (Å²) < 4.78 is 25.3. The summed E-state index contributed by atoms with van der Waals surface area (Å²) in [5.41, 5.74) is -0.468. The number of epoxide rings is 1. The highest BCUT2D eigenvalue weighted by atomic mass is 16.6. The molecule has 0 unspecified atom stereocenters. The van der Waals surface area contributed by atoms with Gasteiger partial charge in [0, 0.05) is 0 Å². The third-order valence-corrected chi connectivity index (χ3v) is 2.23. The van der Waals surface area contributed by atoms with E-state index in [0.29, 0.717) is 26.4 Å². The topological polar surface area (TPSA) is 49.5 Å². The van der Waals surface area contributed by atoms with E-state index in [-0.39, 0.29) is 0 Å². The number of hydrogen-bond acceptors (Lipinski definition) is 5. The fourth-order valence-electron chi connectivity index (χ4n) is 1.19. The quantitative estimate of drug-likeness (QED) is 0.407. The summed E-state index contributed by atoms with van der Waals surface area (Å²) in [5.74, 6) is 0. The summed E-state index contributed by atoms with van der Waals surface area (Å²) in [6.07, 6.45) is 5.46. The van der Waals surface area contributed by atoms with Crippen LogP contribution in [0.5, 0.6) is 0 Å². The molecule has 1 rings (SSSR count). The van der Waals surface area contributed by atoms with Crippen LogP contribution in [0.1, 0.15) is 0 Å². The molecule has 0 atom stereocenters. The van der Waals surface area contributed by atoms with Crippen molar-refractivity contribution >= 4 is 0 Å². The first-order valence-corrected chi connectivity index (χ1v) is 6.22. The van der Waals surface area contributed by atoms with Crippen LogP contribution < -0.4 is 0 Å². The number of rotatable bonds is 12. The van der Waals surface area contributed by atoms with Crippen molar-refractivity contribution in [2.24, 2.45) is 5.41 Å². The van der Waals surface area contributed by atoms with Crippen molar-refractivity contribution in [2.45, 2.75) is 0 Å². The molecule has 0 aromatic heterocycles. The Hall–Kier alpha value is -1.88. The molecule has 0 aromatic rings. The van der Waals surface area contributed by atoms with Crippen LogP contribution in [-0.4, -0.2) is 39.6 Å². The SMILES string of the molecule is C1CO1.C=COCC(COC=C)(COC=C)COC=C. The number of ether oxygens (including phenoxy) is 5. The van der Waals surface area contributed by atoms with Gasteiger partial charge in [0.1, 0.15) is 31.8 Å². The zero-order chi connectivity index (χ0) is 15.1. The van der Waals surface area contributed by atoms with Gasteiger partial charge in [0.15, 0.2) is 0 Å². The van der Waals surface area contributed by atoms with Gasteiger partial charge >= 0.3 is 0 Å². The second-order valence-corrected chi connectivity index (χ2v) is 4.02. The van der Waals surface area contributed by atoms with E-state index in [0.717, 1.165) is 13.2 Å². The first-order valence-electron chi connectivity index (χ1n) is 6.22. The van der Waals surface area contributed by atoms with E-state index in [1.54, 1.807) is 0 Å². The lowest BCUT2D eigenvalue weighted by molar-refractivity contribution is -0.0471. The Labute approximate surface area is 121 Å². The Morgan fingerprint density at radius 3 is 1.10 bits per heavy atom. The summed E-state index contributed by atoms with van der Waals surface area (Å²) >= 11 is 0. The average Bonchev–Trinajstić information content (AvgIpc) is 3.34. The smallest absolute Gasteiger partial charge is 0.106 e. The molecule has 0 aliphatic carbocycles. The van der Waals surface area contributed by atoms with Gasteiger partial charge in [-0.25, -0.2) is 0 Å². The van der Waals surface area contributed by atoms with Crippen molar-refractivity contribution < 1.29 is 23.7 Å². The van der Waals surface area contributed by atoms with Crippen molar-refractivity contribution in [1.29, 1.82) is 0 Å². The lowest BCUT2D eigenvalue weighted by Gasteiger charge is -2.30. The largest absolute Gasteiger partial charge is 0.501 e. The molecule has 0 aromatic carbocycles. The molecule has 114 valence electrons. The van der Waals surface area contributed by atoms with Crippen LogP contribution in [0.4, 0.5) is 0 Å². The molecule has 1 heterocycles. The molecule has 20 heavy (non-hydrogen) atoms. The fraction of sp³-hybridized carbons (Fsp3) is 0.467. The fourth-order valence-corrected chi connectivity index (χ4v) is 1.19. The molecular formula is C15H24O5. The lowest BCUT2D eigenvalue weighted by Crippen LogP contribution is -2.40. The molecule has 5 nitrogen and oxygen atoms in total. The molecule has 0 N–H and O–H groups in total. The van der Waals surface area contributed by atoms with Crippen molar-refractivity contribution in [2.75, 3.05) is 39.6 Å². The van der Waals surface area contributed by atoms with E-state index < -0.39 is 5.41 Å². The molecular weight excluding hydrogens is 260 g/mol. The van der Waals surface area contributed by atoms with E-state index in [2.05, 4.69) is 31.1 Å². The molecule has 0 amide bonds. The molecule has 0 spiro atoms. The molecule has 5 heteroatoms. The van der Waals surface area contributed by atoms with Crippen LogP contribution in [0.3, 0.4) is 0 Å². The number of hydrogen-bond donors (Lipinski definition) is 0. The first kappa shape index (κ1) is 18.1. The maximum Gasteiger partial charge on any atom is 0.106 e. The highest BCUT2D eigenvalue weighted by molar-refractivity contribution is 4.82. The molecule has 0 bridgehead atoms. The van der Waals surface area contributed by atoms with Crippen molar-refractivity contribution in [1.82, 2.24) is 0 Å². The molecule has 1 saturated heterocycles. The summed E-state index contributed by atoms with van der Waals surface area (Å²) in [6, 6.07) is 0. The van der Waals surface area contributed by atoms with E-state index in [1.807, 2.05) is 0 Å². The van der Waals surface area contributed by atoms with Gasteiger partial charge in [-0.1, -0.05) is 26.3 Å². The highest BCUT2D eigenvalue weighted by Crippen LogP contribution is 2.21. The Kier molecular flexibility index (Phi) is 11.0. The Bertz CT molecular complexity index is 230. The summed E-state index contributed by atoms with van der Waals surface area (Å²) in [4.78, 5) is 0. The van der Waals surface area contributed by atoms with Gasteiger partial charge in [-0.2, -0.15) is 0 Å². The van der Waals surface area contributed by atoms with Crippen LogP contribution in [0, 0.1) is 5.41 Å². The normalized spacial score (nSPS) is 12.0. The maximum absolute atomic E-state index is 5.21. The summed E-state index contributed by atoms with van der Waals surface area (Å²) in [5, 5.41) is 0. The minimum absolute atomic E-state index is 0.353. The highest BCUT2D eigenvalue weighted by Gasteiger charge is 2.34. The van der Waals surface area contributed by atoms with E-state index in [4.69, 9.17) is 18.9 Å². The van der Waals surface area contributed by atoms with E-state index in [9.17, 15) is 0 Å². The van der Waals surface area contributed by atoms with Crippen LogP contribution in [-0.2, 0) is 23.7 Å². The van der Waals surface area contributed by atoms with Gasteiger partial charge < -0.3 is 23.7 Å². The summed E-state index contributed by atoms with van der Waals surface area (Å²) in [7, 11) is 0. The van der Waals surface area contributed by atoms with Crippen LogP contribution >= 0.6 is 0 Å². The van der Waals surface area contributed by atoms with Crippen molar-refractivity contribution in [3.8, 4) is 0 Å². The van der Waals surface area contributed by atoms with Gasteiger partial charge in [-0.3, -0.25) is 0 Å². The molecule has 1 aliphatic rings. The van der Waals surface area contributed by atoms with E-state index >= 15 is 0 Å². The van der Waals surface area contributed by atoms with Gasteiger partial charge in [-0.15, -0.1) is 0 Å². The van der Waals surface area contributed by atoms with Crippen LogP contribution in [0.2, 0.25) is 0 Å². The third kappa shape index (κ3) is 10.1. The van der Waals surface area contributed by atoms with Crippen molar-refractivity contribution in [3.63, 3.8) is 0 Å².